The maximum atomic E-state index is 12.7. The zero-order valence-corrected chi connectivity index (χ0v) is 19.8. The van der Waals surface area contributed by atoms with Gasteiger partial charge < -0.3 is 19.8 Å². The first kappa shape index (κ1) is 24.7. The molecule has 34 heavy (non-hydrogen) atoms. The molecule has 2 aromatic carbocycles. The molecule has 0 radical (unpaired) electrons. The molecule has 1 aromatic heterocycles. The molecule has 3 aromatic rings. The van der Waals surface area contributed by atoms with Crippen LogP contribution in [0.2, 0.25) is 0 Å². The lowest BCUT2D eigenvalue weighted by Crippen LogP contribution is -2.47. The summed E-state index contributed by atoms with van der Waals surface area (Å²) in [7, 11) is 0. The molecule has 10 heteroatoms. The van der Waals surface area contributed by atoms with Crippen molar-refractivity contribution in [2.24, 2.45) is 5.10 Å². The monoisotopic (exact) mass is 525 g/mol. The van der Waals surface area contributed by atoms with Crippen LogP contribution in [0.4, 0.5) is 4.79 Å². The number of rotatable bonds is 11. The fraction of sp³-hybridized carbons (Fsp3) is 0.167. The van der Waals surface area contributed by atoms with Crippen LogP contribution in [-0.4, -0.2) is 40.8 Å². The molecule has 0 aliphatic heterocycles. The molecule has 0 aliphatic carbocycles. The molecule has 0 spiro atoms. The summed E-state index contributed by atoms with van der Waals surface area (Å²) in [6, 6.07) is 13.7. The Hall–Kier alpha value is -3.92. The van der Waals surface area contributed by atoms with E-state index < -0.39 is 18.0 Å². The predicted molar refractivity (Wildman–Crippen MR) is 131 cm³/mol. The SMILES string of the molecule is C=CCOc1ccc(/C=N\NC(=O)[C@H](Cc2cnc[nH]2)NC(=O)OCc2ccccc2)cc1Br. The molecule has 1 heterocycles. The van der Waals surface area contributed by atoms with Gasteiger partial charge in [0, 0.05) is 18.3 Å². The van der Waals surface area contributed by atoms with Crippen molar-refractivity contribution in [3.05, 3.63) is 95.0 Å². The number of amides is 2. The van der Waals surface area contributed by atoms with E-state index in [1.807, 2.05) is 30.3 Å². The fourth-order valence-corrected chi connectivity index (χ4v) is 3.36. The highest BCUT2D eigenvalue weighted by atomic mass is 79.9. The van der Waals surface area contributed by atoms with E-state index >= 15 is 0 Å². The summed E-state index contributed by atoms with van der Waals surface area (Å²) < 4.78 is 11.5. The van der Waals surface area contributed by atoms with Gasteiger partial charge >= 0.3 is 6.09 Å². The van der Waals surface area contributed by atoms with E-state index in [2.05, 4.69) is 48.3 Å². The van der Waals surface area contributed by atoms with Gasteiger partial charge in [-0.25, -0.2) is 15.2 Å². The molecular formula is C24H24BrN5O4. The quantitative estimate of drug-likeness (QED) is 0.200. The number of imidazole rings is 1. The lowest BCUT2D eigenvalue weighted by atomic mass is 10.1. The highest BCUT2D eigenvalue weighted by Crippen LogP contribution is 2.25. The minimum atomic E-state index is -0.928. The third-order valence-corrected chi connectivity index (χ3v) is 5.12. The van der Waals surface area contributed by atoms with E-state index in [1.165, 1.54) is 12.5 Å². The summed E-state index contributed by atoms with van der Waals surface area (Å²) >= 11 is 3.43. The molecule has 0 saturated carbocycles. The fourth-order valence-electron chi connectivity index (χ4n) is 2.84. The van der Waals surface area contributed by atoms with E-state index in [0.29, 0.717) is 18.1 Å². The van der Waals surface area contributed by atoms with Crippen LogP contribution in [0.25, 0.3) is 0 Å². The summed E-state index contributed by atoms with van der Waals surface area (Å²) in [5.41, 5.74) is 4.70. The molecule has 0 fully saturated rings. The van der Waals surface area contributed by atoms with Crippen molar-refractivity contribution in [3.63, 3.8) is 0 Å². The van der Waals surface area contributed by atoms with Gasteiger partial charge in [-0.2, -0.15) is 5.10 Å². The number of halogens is 1. The van der Waals surface area contributed by atoms with Crippen molar-refractivity contribution in [1.29, 1.82) is 0 Å². The van der Waals surface area contributed by atoms with Crippen LogP contribution in [0.3, 0.4) is 0 Å². The lowest BCUT2D eigenvalue weighted by Gasteiger charge is -2.16. The first-order chi connectivity index (χ1) is 16.5. The van der Waals surface area contributed by atoms with Crippen LogP contribution in [0, 0.1) is 0 Å². The smallest absolute Gasteiger partial charge is 0.408 e. The Bertz CT molecular complexity index is 1120. The number of alkyl carbamates (subject to hydrolysis) is 1. The normalized spacial score (nSPS) is 11.6. The molecule has 0 saturated heterocycles. The van der Waals surface area contributed by atoms with Gasteiger partial charge in [-0.1, -0.05) is 43.0 Å². The lowest BCUT2D eigenvalue weighted by molar-refractivity contribution is -0.123. The topological polar surface area (TPSA) is 118 Å². The average molecular weight is 526 g/mol. The number of hydrogen-bond acceptors (Lipinski definition) is 6. The second-order valence-electron chi connectivity index (χ2n) is 7.06. The number of benzene rings is 2. The number of hydrazone groups is 1. The summed E-state index contributed by atoms with van der Waals surface area (Å²) in [4.78, 5) is 31.9. The first-order valence-corrected chi connectivity index (χ1v) is 11.1. The zero-order chi connectivity index (χ0) is 24.2. The number of nitrogens with one attached hydrogen (secondary N) is 3. The maximum Gasteiger partial charge on any atom is 0.408 e. The Kier molecular flexibility index (Phi) is 9.41. The highest BCUT2D eigenvalue weighted by molar-refractivity contribution is 9.10. The molecule has 3 N–H and O–H groups in total. The average Bonchev–Trinajstić information content (AvgIpc) is 3.35. The van der Waals surface area contributed by atoms with Crippen molar-refractivity contribution < 1.29 is 19.1 Å². The largest absolute Gasteiger partial charge is 0.488 e. The predicted octanol–water partition coefficient (Wildman–Crippen LogP) is 3.72. The van der Waals surface area contributed by atoms with Gasteiger partial charge in [0.2, 0.25) is 0 Å². The van der Waals surface area contributed by atoms with Crippen LogP contribution in [0.1, 0.15) is 16.8 Å². The molecule has 3 rings (SSSR count). The van der Waals surface area contributed by atoms with Crippen LogP contribution >= 0.6 is 15.9 Å². The Morgan fingerprint density at radius 3 is 2.76 bits per heavy atom. The van der Waals surface area contributed by atoms with Crippen molar-refractivity contribution in [3.8, 4) is 5.75 Å². The third kappa shape index (κ3) is 7.89. The number of H-pyrrole nitrogens is 1. The van der Waals surface area contributed by atoms with Gasteiger partial charge in [0.05, 0.1) is 17.0 Å². The van der Waals surface area contributed by atoms with Crippen molar-refractivity contribution in [1.82, 2.24) is 20.7 Å². The van der Waals surface area contributed by atoms with Gasteiger partial charge in [0.1, 0.15) is 25.0 Å². The standard InChI is InChI=1S/C24H24BrN5O4/c1-2-10-33-22-9-8-18(11-20(22)25)13-28-30-23(31)21(12-19-14-26-16-27-19)29-24(32)34-15-17-6-4-3-5-7-17/h2-9,11,13-14,16,21H,1,10,12,15H2,(H,26,27)(H,29,32)(H,30,31)/b28-13-/t21-/m0/s1. The molecule has 2 amide bonds. The van der Waals surface area contributed by atoms with Crippen molar-refractivity contribution in [2.75, 3.05) is 6.61 Å². The summed E-state index contributed by atoms with van der Waals surface area (Å²) in [6.45, 7) is 4.10. The van der Waals surface area contributed by atoms with E-state index in [-0.39, 0.29) is 13.0 Å². The van der Waals surface area contributed by atoms with Crippen LogP contribution in [0.5, 0.6) is 5.75 Å². The van der Waals surface area contributed by atoms with Crippen LogP contribution in [0.15, 0.2) is 83.3 Å². The highest BCUT2D eigenvalue weighted by Gasteiger charge is 2.22. The molecule has 0 bridgehead atoms. The number of nitrogens with zero attached hydrogens (tertiary/aromatic N) is 2. The number of carbonyl (C=O) groups is 2. The number of hydrogen-bond donors (Lipinski definition) is 3. The second-order valence-corrected chi connectivity index (χ2v) is 7.92. The van der Waals surface area contributed by atoms with Gasteiger partial charge in [-0.05, 0) is 45.3 Å². The summed E-state index contributed by atoms with van der Waals surface area (Å²) in [5.74, 6) is 0.159. The Balaban J connectivity index is 1.59. The van der Waals surface area contributed by atoms with Gasteiger partial charge in [-0.15, -0.1) is 0 Å². The second kappa shape index (κ2) is 12.9. The molecule has 176 valence electrons. The van der Waals surface area contributed by atoms with E-state index in [1.54, 1.807) is 30.5 Å². The molecule has 0 aliphatic rings. The Morgan fingerprint density at radius 2 is 2.06 bits per heavy atom. The summed E-state index contributed by atoms with van der Waals surface area (Å²) in [5, 5.41) is 6.59. The minimum Gasteiger partial charge on any atom is -0.488 e. The van der Waals surface area contributed by atoms with Crippen LogP contribution < -0.4 is 15.5 Å². The van der Waals surface area contributed by atoms with E-state index in [4.69, 9.17) is 9.47 Å². The van der Waals surface area contributed by atoms with Crippen molar-refractivity contribution in [2.45, 2.75) is 19.1 Å². The van der Waals surface area contributed by atoms with Gasteiger partial charge in [0.15, 0.2) is 0 Å². The third-order valence-electron chi connectivity index (χ3n) is 4.50. The number of carbonyl (C=O) groups excluding carboxylic acids is 2. The van der Waals surface area contributed by atoms with Crippen molar-refractivity contribution >= 4 is 34.1 Å². The number of aromatic nitrogens is 2. The first-order valence-electron chi connectivity index (χ1n) is 10.4. The molecule has 1 atom stereocenters. The van der Waals surface area contributed by atoms with E-state index in [9.17, 15) is 9.59 Å². The van der Waals surface area contributed by atoms with Crippen LogP contribution in [-0.2, 0) is 22.6 Å². The Morgan fingerprint density at radius 1 is 1.24 bits per heavy atom. The summed E-state index contributed by atoms with van der Waals surface area (Å²) in [6.07, 6.45) is 5.68. The van der Waals surface area contributed by atoms with Gasteiger partial charge in [-0.3, -0.25) is 4.79 Å². The number of ether oxygens (including phenoxy) is 2. The van der Waals surface area contributed by atoms with Gasteiger partial charge in [0.25, 0.3) is 5.91 Å². The number of aromatic amines is 1. The minimum absolute atomic E-state index is 0.0879. The zero-order valence-electron chi connectivity index (χ0n) is 18.2. The molecule has 9 nitrogen and oxygen atoms in total. The molecular weight excluding hydrogens is 502 g/mol. The molecule has 0 unspecified atom stereocenters. The Labute approximate surface area is 205 Å². The van der Waals surface area contributed by atoms with E-state index in [0.717, 1.165) is 15.6 Å². The maximum absolute atomic E-state index is 12.7.